The van der Waals surface area contributed by atoms with Gasteiger partial charge in [0.25, 0.3) is 5.56 Å². The van der Waals surface area contributed by atoms with Gasteiger partial charge in [-0.15, -0.1) is 0 Å². The number of hydrogen-bond donors (Lipinski definition) is 0. The predicted molar refractivity (Wildman–Crippen MR) is 140 cm³/mol. The monoisotopic (exact) mass is 502 g/mol. The average molecular weight is 503 g/mol. The number of esters is 1. The molecule has 0 aliphatic carbocycles. The first-order chi connectivity index (χ1) is 17.2. The largest absolute Gasteiger partial charge is 0.463 e. The van der Waals surface area contributed by atoms with Gasteiger partial charge in [-0.05, 0) is 50.1 Å². The number of benzene rings is 2. The number of thiazole rings is 1. The Morgan fingerprint density at radius 2 is 1.75 bits per heavy atom. The third-order valence-corrected chi connectivity index (χ3v) is 7.49. The normalized spacial score (nSPS) is 15.8. The third-order valence-electron chi connectivity index (χ3n) is 6.50. The highest BCUT2D eigenvalue weighted by molar-refractivity contribution is 7.07. The summed E-state index contributed by atoms with van der Waals surface area (Å²) in [6.07, 6.45) is 1.80. The van der Waals surface area contributed by atoms with E-state index in [-0.39, 0.29) is 17.9 Å². The van der Waals surface area contributed by atoms with Crippen LogP contribution in [0.1, 0.15) is 36.6 Å². The van der Waals surface area contributed by atoms with Gasteiger partial charge in [-0.3, -0.25) is 18.5 Å². The van der Waals surface area contributed by atoms with Crippen molar-refractivity contribution in [2.24, 2.45) is 19.1 Å². The molecule has 0 amide bonds. The Hall–Kier alpha value is -3.98. The standard InChI is InChI=1S/C27H26N4O4S/c1-6-35-25(33)22-16(3)28-26-31(23(22)18-10-7-15(2)8-11-18)24(32)21(36-26)14-17-9-12-19-20(13-17)30(5)27(34)29(19)4/h7-14,23H,6H2,1-5H3/b21-14-/t23-/m0/s1. The minimum Gasteiger partial charge on any atom is -0.463 e. The van der Waals surface area contributed by atoms with Crippen LogP contribution in [0.5, 0.6) is 0 Å². The molecule has 0 spiro atoms. The SMILES string of the molecule is CCOC(=O)C1=C(C)N=c2s/c(=C\c3ccc4c(c3)n(C)c(=O)n4C)c(=O)n2[C@H]1c1ccc(C)cc1. The number of nitrogens with zero attached hydrogens (tertiary/aromatic N) is 4. The van der Waals surface area contributed by atoms with E-state index in [9.17, 15) is 14.4 Å². The zero-order valence-corrected chi connectivity index (χ0v) is 21.5. The summed E-state index contributed by atoms with van der Waals surface area (Å²) in [5, 5.41) is 0. The van der Waals surface area contributed by atoms with E-state index in [1.807, 2.05) is 49.4 Å². The van der Waals surface area contributed by atoms with Crippen LogP contribution in [0.4, 0.5) is 0 Å². The van der Waals surface area contributed by atoms with E-state index in [0.717, 1.165) is 27.7 Å². The van der Waals surface area contributed by atoms with E-state index in [0.29, 0.717) is 20.6 Å². The number of ether oxygens (including phenoxy) is 1. The highest BCUT2D eigenvalue weighted by Gasteiger charge is 2.33. The lowest BCUT2D eigenvalue weighted by Gasteiger charge is -2.24. The molecule has 0 radical (unpaired) electrons. The number of rotatable bonds is 4. The Kier molecular flexibility index (Phi) is 5.88. The molecule has 4 aromatic rings. The summed E-state index contributed by atoms with van der Waals surface area (Å²) in [6.45, 7) is 5.74. The molecule has 2 aromatic carbocycles. The molecule has 0 bridgehead atoms. The van der Waals surface area contributed by atoms with Gasteiger partial charge in [-0.1, -0.05) is 47.2 Å². The van der Waals surface area contributed by atoms with Crippen molar-refractivity contribution in [3.05, 3.63) is 101 Å². The Morgan fingerprint density at radius 3 is 2.44 bits per heavy atom. The summed E-state index contributed by atoms with van der Waals surface area (Å²) >= 11 is 1.28. The molecule has 1 atom stereocenters. The summed E-state index contributed by atoms with van der Waals surface area (Å²) in [6, 6.07) is 12.8. The molecule has 0 unspecified atom stereocenters. The molecule has 0 saturated carbocycles. The van der Waals surface area contributed by atoms with Crippen LogP contribution < -0.4 is 20.6 Å². The number of aromatic nitrogens is 3. The Labute approximate surface area is 210 Å². The van der Waals surface area contributed by atoms with Crippen LogP contribution in [0.25, 0.3) is 17.1 Å². The topological polar surface area (TPSA) is 87.6 Å². The van der Waals surface area contributed by atoms with Crippen molar-refractivity contribution in [3.8, 4) is 0 Å². The fourth-order valence-electron chi connectivity index (χ4n) is 4.62. The van der Waals surface area contributed by atoms with Gasteiger partial charge in [0.2, 0.25) is 0 Å². The first-order valence-corrected chi connectivity index (χ1v) is 12.4. The highest BCUT2D eigenvalue weighted by atomic mass is 32.1. The van der Waals surface area contributed by atoms with E-state index in [1.54, 1.807) is 47.7 Å². The zero-order chi connectivity index (χ0) is 25.7. The van der Waals surface area contributed by atoms with Gasteiger partial charge in [-0.25, -0.2) is 14.6 Å². The van der Waals surface area contributed by atoms with E-state index in [2.05, 4.69) is 4.99 Å². The van der Waals surface area contributed by atoms with Gasteiger partial charge < -0.3 is 4.74 Å². The quantitative estimate of drug-likeness (QED) is 0.401. The van der Waals surface area contributed by atoms with Crippen molar-refractivity contribution in [1.29, 1.82) is 0 Å². The van der Waals surface area contributed by atoms with Crippen molar-refractivity contribution in [3.63, 3.8) is 0 Å². The van der Waals surface area contributed by atoms with Gasteiger partial charge in [0.05, 0.1) is 39.5 Å². The van der Waals surface area contributed by atoms with Crippen molar-refractivity contribution in [2.75, 3.05) is 6.61 Å². The molecule has 8 nitrogen and oxygen atoms in total. The van der Waals surface area contributed by atoms with Crippen LogP contribution in [0.15, 0.2) is 68.3 Å². The fraction of sp³-hybridized carbons (Fsp3) is 0.259. The smallest absolute Gasteiger partial charge is 0.338 e. The summed E-state index contributed by atoms with van der Waals surface area (Å²) in [4.78, 5) is 44.2. The molecule has 0 N–H and O–H groups in total. The second kappa shape index (κ2) is 8.91. The summed E-state index contributed by atoms with van der Waals surface area (Å²) in [7, 11) is 3.46. The van der Waals surface area contributed by atoms with Crippen molar-refractivity contribution >= 4 is 34.4 Å². The summed E-state index contributed by atoms with van der Waals surface area (Å²) < 4.78 is 10.6. The summed E-state index contributed by atoms with van der Waals surface area (Å²) in [5.74, 6) is -0.478. The van der Waals surface area contributed by atoms with Gasteiger partial charge >= 0.3 is 11.7 Å². The number of carbonyl (C=O) groups is 1. The lowest BCUT2D eigenvalue weighted by Crippen LogP contribution is -2.39. The highest BCUT2D eigenvalue weighted by Crippen LogP contribution is 2.30. The molecule has 5 rings (SSSR count). The minimum atomic E-state index is -0.638. The van der Waals surface area contributed by atoms with Gasteiger partial charge in [-0.2, -0.15) is 0 Å². The zero-order valence-electron chi connectivity index (χ0n) is 20.7. The maximum atomic E-state index is 13.7. The first-order valence-electron chi connectivity index (χ1n) is 11.6. The average Bonchev–Trinajstić information content (AvgIpc) is 3.27. The first kappa shape index (κ1) is 23.7. The lowest BCUT2D eigenvalue weighted by atomic mass is 9.95. The van der Waals surface area contributed by atoms with E-state index >= 15 is 0 Å². The Bertz CT molecular complexity index is 1800. The number of hydrogen-bond acceptors (Lipinski definition) is 6. The number of imidazole rings is 1. The summed E-state index contributed by atoms with van der Waals surface area (Å²) in [5.41, 5.74) is 4.83. The molecular formula is C27H26N4O4S. The van der Waals surface area contributed by atoms with Crippen molar-refractivity contribution in [2.45, 2.75) is 26.8 Å². The molecule has 36 heavy (non-hydrogen) atoms. The molecule has 9 heteroatoms. The van der Waals surface area contributed by atoms with Crippen molar-refractivity contribution in [1.82, 2.24) is 13.7 Å². The number of carbonyl (C=O) groups excluding carboxylic acids is 1. The van der Waals surface area contributed by atoms with Gasteiger partial charge in [0, 0.05) is 14.1 Å². The minimum absolute atomic E-state index is 0.110. The molecule has 1 aliphatic heterocycles. The van der Waals surface area contributed by atoms with Crippen LogP contribution in [0.2, 0.25) is 0 Å². The Balaban J connectivity index is 1.72. The molecule has 1 aliphatic rings. The number of allylic oxidation sites excluding steroid dienone is 1. The van der Waals surface area contributed by atoms with Crippen LogP contribution >= 0.6 is 11.3 Å². The lowest BCUT2D eigenvalue weighted by molar-refractivity contribution is -0.139. The second-order valence-electron chi connectivity index (χ2n) is 8.86. The fourth-order valence-corrected chi connectivity index (χ4v) is 5.67. The van der Waals surface area contributed by atoms with Crippen molar-refractivity contribution < 1.29 is 9.53 Å². The molecule has 0 fully saturated rings. The molecular weight excluding hydrogens is 476 g/mol. The van der Waals surface area contributed by atoms with E-state index in [4.69, 9.17) is 4.74 Å². The van der Waals surface area contributed by atoms with Crippen LogP contribution in [0.3, 0.4) is 0 Å². The van der Waals surface area contributed by atoms with Gasteiger partial charge in [0.15, 0.2) is 4.80 Å². The molecule has 2 aromatic heterocycles. The third kappa shape index (κ3) is 3.76. The number of fused-ring (bicyclic) bond motifs is 2. The van der Waals surface area contributed by atoms with Crippen LogP contribution in [-0.2, 0) is 23.6 Å². The van der Waals surface area contributed by atoms with E-state index < -0.39 is 12.0 Å². The van der Waals surface area contributed by atoms with Crippen LogP contribution in [-0.4, -0.2) is 26.3 Å². The van der Waals surface area contributed by atoms with Crippen LogP contribution in [0, 0.1) is 6.92 Å². The molecule has 184 valence electrons. The second-order valence-corrected chi connectivity index (χ2v) is 9.87. The predicted octanol–water partition coefficient (Wildman–Crippen LogP) is 2.30. The van der Waals surface area contributed by atoms with E-state index in [1.165, 1.54) is 11.3 Å². The maximum absolute atomic E-state index is 13.7. The number of aryl methyl sites for hydroxylation is 3. The molecule has 0 saturated heterocycles. The maximum Gasteiger partial charge on any atom is 0.338 e. The Morgan fingerprint density at radius 1 is 1.06 bits per heavy atom. The van der Waals surface area contributed by atoms with Gasteiger partial charge in [0.1, 0.15) is 0 Å². The molecule has 3 heterocycles.